The summed E-state index contributed by atoms with van der Waals surface area (Å²) >= 11 is 0. The monoisotopic (exact) mass is 494 g/mol. The predicted molar refractivity (Wildman–Crippen MR) is 163 cm³/mol. The van der Waals surface area contributed by atoms with Crippen LogP contribution < -0.4 is 5.46 Å². The number of rotatable bonds is 7. The quantitative estimate of drug-likeness (QED) is 0.440. The maximum atomic E-state index is 6.72. The van der Waals surface area contributed by atoms with E-state index < -0.39 is 39.2 Å². The van der Waals surface area contributed by atoms with Gasteiger partial charge in [0.05, 0.1) is 74.0 Å². The standard InChI is InChI=1S/C26H23B9N2O2/c1-21(2)22(3,4)39-35(38-21)20-12-18(25(31,32)23(27,28)16-7-5-9-36-14-16)11-19(13-20)26(33,34)24(29,30)17-8-6-10-37-15-17/h5-15H,1-4H3. The first kappa shape index (κ1) is 30.0. The first-order valence-corrected chi connectivity index (χ1v) is 12.5. The van der Waals surface area contributed by atoms with Crippen LogP contribution in [0.25, 0.3) is 0 Å². The van der Waals surface area contributed by atoms with Gasteiger partial charge in [0.15, 0.2) is 0 Å². The molecule has 16 radical (unpaired) electrons. The first-order valence-electron chi connectivity index (χ1n) is 12.5. The van der Waals surface area contributed by atoms with E-state index in [1.165, 1.54) is 12.4 Å². The molecule has 0 saturated carbocycles. The number of benzene rings is 1. The fourth-order valence-electron chi connectivity index (χ4n) is 4.41. The molecule has 39 heavy (non-hydrogen) atoms. The van der Waals surface area contributed by atoms with Crippen LogP contribution in [0.15, 0.2) is 67.3 Å². The highest BCUT2D eigenvalue weighted by Gasteiger charge is 2.52. The van der Waals surface area contributed by atoms with Crippen LogP contribution in [-0.2, 0) is 30.2 Å². The van der Waals surface area contributed by atoms with Gasteiger partial charge in [0.25, 0.3) is 0 Å². The minimum Gasteiger partial charge on any atom is -0.399 e. The Hall–Kier alpha value is -1.98. The average molecular weight is 493 g/mol. The lowest BCUT2D eigenvalue weighted by Crippen LogP contribution is -2.54. The van der Waals surface area contributed by atoms with Gasteiger partial charge in [-0.25, -0.2) is 0 Å². The fraction of sp³-hybridized carbons (Fsp3) is 0.385. The van der Waals surface area contributed by atoms with Gasteiger partial charge < -0.3 is 9.31 Å². The highest BCUT2D eigenvalue weighted by atomic mass is 16.7. The van der Waals surface area contributed by atoms with Crippen molar-refractivity contribution in [3.8, 4) is 0 Å². The van der Waals surface area contributed by atoms with E-state index in [4.69, 9.17) is 72.1 Å². The van der Waals surface area contributed by atoms with Gasteiger partial charge in [-0.2, -0.15) is 0 Å². The van der Waals surface area contributed by atoms with Crippen LogP contribution in [0.5, 0.6) is 0 Å². The first-order chi connectivity index (χ1) is 17.8. The van der Waals surface area contributed by atoms with Gasteiger partial charge in [0.2, 0.25) is 0 Å². The molecule has 4 nitrogen and oxygen atoms in total. The Morgan fingerprint density at radius 3 is 1.28 bits per heavy atom. The zero-order valence-corrected chi connectivity index (χ0v) is 22.8. The maximum Gasteiger partial charge on any atom is 0.494 e. The van der Waals surface area contributed by atoms with Crippen LogP contribution >= 0.6 is 0 Å². The third-order valence-electron chi connectivity index (χ3n) is 8.08. The molecule has 4 rings (SSSR count). The molecule has 0 unspecified atom stereocenters. The van der Waals surface area contributed by atoms with Crippen molar-refractivity contribution in [1.82, 2.24) is 9.97 Å². The molecule has 3 heterocycles. The third kappa shape index (κ3) is 5.03. The van der Waals surface area contributed by atoms with Crippen molar-refractivity contribution >= 4 is 75.4 Å². The average Bonchev–Trinajstić information content (AvgIpc) is 3.11. The van der Waals surface area contributed by atoms with Gasteiger partial charge in [0, 0.05) is 24.8 Å². The Morgan fingerprint density at radius 1 is 0.590 bits per heavy atom. The molecule has 1 aliphatic heterocycles. The van der Waals surface area contributed by atoms with Gasteiger partial charge in [-0.1, -0.05) is 62.3 Å². The number of aromatic nitrogens is 2. The van der Waals surface area contributed by atoms with Crippen molar-refractivity contribution in [2.45, 2.75) is 59.8 Å². The molecule has 1 saturated heterocycles. The summed E-state index contributed by atoms with van der Waals surface area (Å²) in [6.07, 6.45) is 6.17. The van der Waals surface area contributed by atoms with Crippen LogP contribution in [0, 0.1) is 0 Å². The molecule has 0 spiro atoms. The summed E-state index contributed by atoms with van der Waals surface area (Å²) in [6.45, 7) is 7.74. The highest BCUT2D eigenvalue weighted by Crippen LogP contribution is 2.41. The topological polar surface area (TPSA) is 44.2 Å². The molecule has 0 atom stereocenters. The number of hydrogen-bond donors (Lipinski definition) is 0. The van der Waals surface area contributed by atoms with Crippen molar-refractivity contribution in [1.29, 1.82) is 0 Å². The van der Waals surface area contributed by atoms with Crippen molar-refractivity contribution in [2.75, 3.05) is 0 Å². The highest BCUT2D eigenvalue weighted by molar-refractivity contribution is 6.62. The van der Waals surface area contributed by atoms with Crippen LogP contribution in [0.4, 0.5) is 0 Å². The van der Waals surface area contributed by atoms with Gasteiger partial charge in [0.1, 0.15) is 0 Å². The molecule has 0 amide bonds. The molecule has 1 aromatic carbocycles. The lowest BCUT2D eigenvalue weighted by Gasteiger charge is -2.48. The van der Waals surface area contributed by atoms with Gasteiger partial charge >= 0.3 is 7.12 Å². The van der Waals surface area contributed by atoms with E-state index in [0.717, 1.165) is 0 Å². The summed E-state index contributed by atoms with van der Waals surface area (Å²) in [5.74, 6) is 0. The van der Waals surface area contributed by atoms with Crippen LogP contribution in [0.1, 0.15) is 49.9 Å². The predicted octanol–water partition coefficient (Wildman–Crippen LogP) is 0.135. The van der Waals surface area contributed by atoms with E-state index >= 15 is 0 Å². The zero-order valence-electron chi connectivity index (χ0n) is 22.8. The summed E-state index contributed by atoms with van der Waals surface area (Å²) in [6, 6.07) is 11.7. The van der Waals surface area contributed by atoms with E-state index in [0.29, 0.717) is 27.7 Å². The summed E-state index contributed by atoms with van der Waals surface area (Å²) < 4.78 is 12.6. The Balaban J connectivity index is 1.91. The largest absolute Gasteiger partial charge is 0.494 e. The number of pyridine rings is 2. The van der Waals surface area contributed by atoms with Crippen molar-refractivity contribution in [3.05, 3.63) is 89.5 Å². The van der Waals surface area contributed by atoms with Crippen LogP contribution in [-0.4, -0.2) is 91.1 Å². The van der Waals surface area contributed by atoms with E-state index in [1.807, 2.05) is 27.7 Å². The second-order valence-corrected chi connectivity index (χ2v) is 11.4. The normalized spacial score (nSPS) is 17.7. The van der Waals surface area contributed by atoms with Crippen LogP contribution in [0.2, 0.25) is 0 Å². The van der Waals surface area contributed by atoms with Crippen molar-refractivity contribution in [2.24, 2.45) is 0 Å². The molecular formula is C26H23B9N2O2. The Kier molecular flexibility index (Phi) is 7.57. The molecule has 1 aliphatic rings. The second kappa shape index (κ2) is 9.84. The maximum absolute atomic E-state index is 6.72. The SMILES string of the molecule is [B]C([B])(c1cccnc1)C([B])([B])c1cc(B2OC(C)(C)C(C)(C)O2)cc(C([B])([B])C([B])([B])c2cccnc2)c1. The molecule has 0 N–H and O–H groups in total. The molecular weight excluding hydrogens is 470 g/mol. The Labute approximate surface area is 243 Å². The lowest BCUT2D eigenvalue weighted by molar-refractivity contribution is 0.00578. The van der Waals surface area contributed by atoms with Gasteiger partial charge in [-0.15, -0.1) is 0 Å². The molecule has 0 bridgehead atoms. The lowest BCUT2D eigenvalue weighted by atomic mass is 9.25. The minimum absolute atomic E-state index is 0.292. The van der Waals surface area contributed by atoms with Gasteiger partial charge in [-0.05, 0) is 56.4 Å². The fourth-order valence-corrected chi connectivity index (χ4v) is 4.41. The molecule has 0 aliphatic carbocycles. The van der Waals surface area contributed by atoms with E-state index in [9.17, 15) is 0 Å². The Morgan fingerprint density at radius 2 is 0.949 bits per heavy atom. The van der Waals surface area contributed by atoms with E-state index in [2.05, 4.69) is 9.97 Å². The number of hydrogen-bond acceptors (Lipinski definition) is 4. The minimum atomic E-state index is -1.86. The van der Waals surface area contributed by atoms with Crippen molar-refractivity contribution < 1.29 is 9.31 Å². The van der Waals surface area contributed by atoms with Crippen molar-refractivity contribution in [3.63, 3.8) is 0 Å². The number of nitrogens with zero attached hydrogens (tertiary/aromatic N) is 2. The molecule has 176 valence electrons. The van der Waals surface area contributed by atoms with Crippen LogP contribution in [0.3, 0.4) is 0 Å². The van der Waals surface area contributed by atoms with E-state index in [-0.39, 0.29) is 0 Å². The zero-order chi connectivity index (χ0) is 29.1. The molecule has 3 aromatic rings. The second-order valence-electron chi connectivity index (χ2n) is 11.4. The molecule has 13 heteroatoms. The summed E-state index contributed by atoms with van der Waals surface area (Å²) in [4.78, 5) is 8.21. The van der Waals surface area contributed by atoms with E-state index in [1.54, 1.807) is 54.9 Å². The third-order valence-corrected chi connectivity index (χ3v) is 8.08. The Bertz CT molecular complexity index is 1240. The summed E-state index contributed by atoms with van der Waals surface area (Å²) in [5.41, 5.74) is 0.647. The summed E-state index contributed by atoms with van der Waals surface area (Å²) in [5, 5.41) is -7.27. The van der Waals surface area contributed by atoms with Gasteiger partial charge in [-0.3, -0.25) is 9.97 Å². The molecule has 2 aromatic heterocycles. The molecule has 1 fully saturated rings. The summed E-state index contributed by atoms with van der Waals surface area (Å²) in [7, 11) is 52.4. The smallest absolute Gasteiger partial charge is 0.399 e.